The molecule has 1 heterocycles. The lowest BCUT2D eigenvalue weighted by Gasteiger charge is -2.24. The SMILES string of the molecule is CCC(O)(CC)COCc1c(C)noc1C. The van der Waals surface area contributed by atoms with Crippen molar-refractivity contribution >= 4 is 0 Å². The van der Waals surface area contributed by atoms with E-state index in [-0.39, 0.29) is 0 Å². The molecule has 0 unspecified atom stereocenters. The summed E-state index contributed by atoms with van der Waals surface area (Å²) >= 11 is 0. The number of aryl methyl sites for hydroxylation is 2. The summed E-state index contributed by atoms with van der Waals surface area (Å²) in [6, 6.07) is 0. The van der Waals surface area contributed by atoms with E-state index < -0.39 is 5.60 Å². The molecule has 92 valence electrons. The van der Waals surface area contributed by atoms with Gasteiger partial charge in [0.25, 0.3) is 0 Å². The van der Waals surface area contributed by atoms with Crippen LogP contribution in [0.2, 0.25) is 0 Å². The molecule has 4 nitrogen and oxygen atoms in total. The summed E-state index contributed by atoms with van der Waals surface area (Å²) in [7, 11) is 0. The molecule has 0 aliphatic rings. The summed E-state index contributed by atoms with van der Waals surface area (Å²) in [6.07, 6.45) is 1.40. The van der Waals surface area contributed by atoms with E-state index in [0.29, 0.717) is 26.1 Å². The van der Waals surface area contributed by atoms with Gasteiger partial charge >= 0.3 is 0 Å². The normalized spacial score (nSPS) is 12.1. The highest BCUT2D eigenvalue weighted by molar-refractivity contribution is 5.19. The Bertz CT molecular complexity index is 310. The highest BCUT2D eigenvalue weighted by Crippen LogP contribution is 2.18. The van der Waals surface area contributed by atoms with Crippen LogP contribution >= 0.6 is 0 Å². The van der Waals surface area contributed by atoms with Crippen LogP contribution in [0.1, 0.15) is 43.7 Å². The maximum absolute atomic E-state index is 10.0. The molecular formula is C12H21NO3. The first-order valence-electron chi connectivity index (χ1n) is 5.74. The lowest BCUT2D eigenvalue weighted by molar-refractivity contribution is -0.0565. The third-order valence-electron chi connectivity index (χ3n) is 3.11. The van der Waals surface area contributed by atoms with Gasteiger partial charge in [-0.05, 0) is 26.7 Å². The van der Waals surface area contributed by atoms with Gasteiger partial charge in [-0.15, -0.1) is 0 Å². The van der Waals surface area contributed by atoms with Crippen molar-refractivity contribution in [2.45, 2.75) is 52.7 Å². The van der Waals surface area contributed by atoms with Crippen molar-refractivity contribution < 1.29 is 14.4 Å². The first-order valence-corrected chi connectivity index (χ1v) is 5.74. The Morgan fingerprint density at radius 3 is 2.38 bits per heavy atom. The van der Waals surface area contributed by atoms with E-state index in [4.69, 9.17) is 9.26 Å². The van der Waals surface area contributed by atoms with E-state index >= 15 is 0 Å². The van der Waals surface area contributed by atoms with Crippen molar-refractivity contribution in [2.75, 3.05) is 6.61 Å². The van der Waals surface area contributed by atoms with E-state index in [1.165, 1.54) is 0 Å². The Labute approximate surface area is 96.6 Å². The molecule has 0 aromatic carbocycles. The Hall–Kier alpha value is -0.870. The standard InChI is InChI=1S/C12H21NO3/c1-5-12(14,6-2)8-15-7-11-9(3)13-16-10(11)4/h14H,5-8H2,1-4H3. The maximum Gasteiger partial charge on any atom is 0.139 e. The highest BCUT2D eigenvalue weighted by Gasteiger charge is 2.22. The van der Waals surface area contributed by atoms with Crippen LogP contribution in [0.15, 0.2) is 4.52 Å². The van der Waals surface area contributed by atoms with Gasteiger partial charge in [-0.25, -0.2) is 0 Å². The second kappa shape index (κ2) is 5.46. The van der Waals surface area contributed by atoms with E-state index in [9.17, 15) is 5.11 Å². The predicted molar refractivity (Wildman–Crippen MR) is 61.2 cm³/mol. The topological polar surface area (TPSA) is 55.5 Å². The second-order valence-electron chi connectivity index (χ2n) is 4.23. The second-order valence-corrected chi connectivity index (χ2v) is 4.23. The van der Waals surface area contributed by atoms with Crippen LogP contribution in [0.25, 0.3) is 0 Å². The fourth-order valence-electron chi connectivity index (χ4n) is 1.51. The number of ether oxygens (including phenoxy) is 1. The van der Waals surface area contributed by atoms with Crippen LogP contribution in [-0.2, 0) is 11.3 Å². The van der Waals surface area contributed by atoms with Crippen LogP contribution < -0.4 is 0 Å². The molecular weight excluding hydrogens is 206 g/mol. The molecule has 0 saturated heterocycles. The Balaban J connectivity index is 2.47. The molecule has 4 heteroatoms. The number of rotatable bonds is 6. The molecule has 1 aromatic heterocycles. The molecule has 0 aliphatic heterocycles. The lowest BCUT2D eigenvalue weighted by Crippen LogP contribution is -2.32. The smallest absolute Gasteiger partial charge is 0.139 e. The number of nitrogens with zero attached hydrogens (tertiary/aromatic N) is 1. The summed E-state index contributed by atoms with van der Waals surface area (Å²) in [4.78, 5) is 0. The van der Waals surface area contributed by atoms with Crippen molar-refractivity contribution in [3.63, 3.8) is 0 Å². The average Bonchev–Trinajstić information content (AvgIpc) is 2.60. The molecule has 0 radical (unpaired) electrons. The van der Waals surface area contributed by atoms with E-state index in [1.807, 2.05) is 27.7 Å². The van der Waals surface area contributed by atoms with Crippen LogP contribution in [0, 0.1) is 13.8 Å². The molecule has 0 bridgehead atoms. The molecule has 0 spiro atoms. The highest BCUT2D eigenvalue weighted by atomic mass is 16.5. The van der Waals surface area contributed by atoms with Crippen LogP contribution in [0.5, 0.6) is 0 Å². The van der Waals surface area contributed by atoms with Crippen LogP contribution in [0.4, 0.5) is 0 Å². The predicted octanol–water partition coefficient (Wildman–Crippen LogP) is 2.36. The van der Waals surface area contributed by atoms with Crippen molar-refractivity contribution in [3.8, 4) is 0 Å². The molecule has 1 N–H and O–H groups in total. The fraction of sp³-hybridized carbons (Fsp3) is 0.750. The number of aromatic nitrogens is 1. The number of hydrogen-bond donors (Lipinski definition) is 1. The maximum atomic E-state index is 10.0. The largest absolute Gasteiger partial charge is 0.388 e. The molecule has 16 heavy (non-hydrogen) atoms. The lowest BCUT2D eigenvalue weighted by atomic mass is 9.99. The average molecular weight is 227 g/mol. The van der Waals surface area contributed by atoms with E-state index in [1.54, 1.807) is 0 Å². The van der Waals surface area contributed by atoms with Gasteiger partial charge in [-0.2, -0.15) is 0 Å². The Morgan fingerprint density at radius 1 is 1.31 bits per heavy atom. The first kappa shape index (κ1) is 13.2. The quantitative estimate of drug-likeness (QED) is 0.810. The van der Waals surface area contributed by atoms with Gasteiger partial charge in [0.1, 0.15) is 5.76 Å². The molecule has 0 amide bonds. The van der Waals surface area contributed by atoms with Crippen molar-refractivity contribution in [3.05, 3.63) is 17.0 Å². The fourth-order valence-corrected chi connectivity index (χ4v) is 1.51. The third kappa shape index (κ3) is 3.06. The summed E-state index contributed by atoms with van der Waals surface area (Å²) in [5.74, 6) is 0.786. The summed E-state index contributed by atoms with van der Waals surface area (Å²) in [6.45, 7) is 8.48. The van der Waals surface area contributed by atoms with Crippen molar-refractivity contribution in [1.82, 2.24) is 5.16 Å². The third-order valence-corrected chi connectivity index (χ3v) is 3.11. The Kier molecular flexibility index (Phi) is 4.50. The molecule has 0 aliphatic carbocycles. The molecule has 0 saturated carbocycles. The minimum atomic E-state index is -0.709. The van der Waals surface area contributed by atoms with Gasteiger partial charge in [0.05, 0.1) is 24.5 Å². The molecule has 1 aromatic rings. The van der Waals surface area contributed by atoms with Crippen molar-refractivity contribution in [2.24, 2.45) is 0 Å². The minimum absolute atomic E-state index is 0.351. The zero-order valence-corrected chi connectivity index (χ0v) is 10.5. The zero-order chi connectivity index (χ0) is 12.2. The van der Waals surface area contributed by atoms with Crippen molar-refractivity contribution in [1.29, 1.82) is 0 Å². The number of aliphatic hydroxyl groups is 1. The zero-order valence-electron chi connectivity index (χ0n) is 10.5. The van der Waals surface area contributed by atoms with Gasteiger partial charge in [-0.1, -0.05) is 19.0 Å². The van der Waals surface area contributed by atoms with Crippen LogP contribution in [-0.4, -0.2) is 22.5 Å². The van der Waals surface area contributed by atoms with E-state index in [0.717, 1.165) is 17.0 Å². The first-order chi connectivity index (χ1) is 7.52. The summed E-state index contributed by atoms with van der Waals surface area (Å²) in [5, 5.41) is 13.9. The van der Waals surface area contributed by atoms with Gasteiger partial charge in [0.15, 0.2) is 0 Å². The minimum Gasteiger partial charge on any atom is -0.388 e. The summed E-state index contributed by atoms with van der Waals surface area (Å²) in [5.41, 5.74) is 1.13. The number of hydrogen-bond acceptors (Lipinski definition) is 4. The van der Waals surface area contributed by atoms with Gasteiger partial charge in [0.2, 0.25) is 0 Å². The Morgan fingerprint density at radius 2 is 1.94 bits per heavy atom. The van der Waals surface area contributed by atoms with Gasteiger partial charge in [-0.3, -0.25) is 0 Å². The van der Waals surface area contributed by atoms with Gasteiger partial charge < -0.3 is 14.4 Å². The molecule has 0 fully saturated rings. The van der Waals surface area contributed by atoms with Gasteiger partial charge in [0, 0.05) is 5.56 Å². The van der Waals surface area contributed by atoms with E-state index in [2.05, 4.69) is 5.16 Å². The monoisotopic (exact) mass is 227 g/mol. The van der Waals surface area contributed by atoms with Crippen LogP contribution in [0.3, 0.4) is 0 Å². The molecule has 1 rings (SSSR count). The molecule has 0 atom stereocenters. The summed E-state index contributed by atoms with van der Waals surface area (Å²) < 4.78 is 10.6.